The van der Waals surface area contributed by atoms with Crippen molar-refractivity contribution >= 4 is 5.91 Å². The summed E-state index contributed by atoms with van der Waals surface area (Å²) in [5.74, 6) is -6.17. The molecule has 0 aliphatic heterocycles. The van der Waals surface area contributed by atoms with E-state index in [1.54, 1.807) is 0 Å². The molecular formula is C15H12F5N3O2. The molecule has 2 aromatic heterocycles. The third kappa shape index (κ3) is 4.85. The van der Waals surface area contributed by atoms with Crippen LogP contribution in [0.4, 0.5) is 22.0 Å². The fraction of sp³-hybridized carbons (Fsp3) is 0.267. The Kier molecular flexibility index (Phi) is 5.50. The van der Waals surface area contributed by atoms with E-state index < -0.39 is 30.1 Å². The van der Waals surface area contributed by atoms with Gasteiger partial charge in [0.25, 0.3) is 17.7 Å². The Balaban J connectivity index is 2.10. The second kappa shape index (κ2) is 7.41. The molecule has 1 amide bonds. The van der Waals surface area contributed by atoms with Gasteiger partial charge in [-0.2, -0.15) is 8.78 Å². The molecule has 0 spiro atoms. The van der Waals surface area contributed by atoms with Crippen molar-refractivity contribution in [2.75, 3.05) is 0 Å². The minimum atomic E-state index is -3.26. The van der Waals surface area contributed by atoms with Crippen LogP contribution in [0.3, 0.4) is 0 Å². The third-order valence-corrected chi connectivity index (χ3v) is 3.09. The standard InChI is InChI=1S/C15H12F5N3O2/c1-15(19,20)10-2-3-21-5-9(10)7-22-12(24)8-4-11(16)13(23-6-8)25-14(17)18/h2-6,14H,7H2,1H3,(H,22,24). The zero-order chi connectivity index (χ0) is 18.6. The number of ether oxygens (including phenoxy) is 1. The molecule has 134 valence electrons. The lowest BCUT2D eigenvalue weighted by molar-refractivity contribution is -0.0553. The van der Waals surface area contributed by atoms with E-state index in [-0.39, 0.29) is 23.2 Å². The van der Waals surface area contributed by atoms with E-state index in [9.17, 15) is 26.7 Å². The lowest BCUT2D eigenvalue weighted by Gasteiger charge is -2.15. The highest BCUT2D eigenvalue weighted by Crippen LogP contribution is 2.29. The second-order valence-corrected chi connectivity index (χ2v) is 4.99. The number of carbonyl (C=O) groups is 1. The number of carbonyl (C=O) groups excluding carboxylic acids is 1. The molecule has 0 atom stereocenters. The van der Waals surface area contributed by atoms with Crippen LogP contribution in [0.2, 0.25) is 0 Å². The highest BCUT2D eigenvalue weighted by atomic mass is 19.3. The molecule has 2 heterocycles. The molecule has 1 N–H and O–H groups in total. The Hall–Kier alpha value is -2.78. The molecule has 0 saturated heterocycles. The summed E-state index contributed by atoms with van der Waals surface area (Å²) in [6.45, 7) is -2.85. The summed E-state index contributed by atoms with van der Waals surface area (Å²) in [4.78, 5) is 18.9. The van der Waals surface area contributed by atoms with E-state index in [2.05, 4.69) is 20.0 Å². The lowest BCUT2D eigenvalue weighted by Crippen LogP contribution is -2.25. The third-order valence-electron chi connectivity index (χ3n) is 3.09. The highest BCUT2D eigenvalue weighted by Gasteiger charge is 2.27. The molecule has 0 unspecified atom stereocenters. The number of hydrogen-bond donors (Lipinski definition) is 1. The average Bonchev–Trinajstić information content (AvgIpc) is 2.53. The number of amides is 1. The van der Waals surface area contributed by atoms with Crippen molar-refractivity contribution in [2.45, 2.75) is 26.0 Å². The minimum Gasteiger partial charge on any atom is -0.414 e. The van der Waals surface area contributed by atoms with Gasteiger partial charge in [0.2, 0.25) is 0 Å². The van der Waals surface area contributed by atoms with Gasteiger partial charge in [0.15, 0.2) is 5.82 Å². The van der Waals surface area contributed by atoms with Crippen molar-refractivity contribution in [2.24, 2.45) is 0 Å². The van der Waals surface area contributed by atoms with Gasteiger partial charge in [-0.15, -0.1) is 0 Å². The number of pyridine rings is 2. The van der Waals surface area contributed by atoms with Gasteiger partial charge in [0, 0.05) is 37.6 Å². The van der Waals surface area contributed by atoms with Crippen molar-refractivity contribution < 1.29 is 31.5 Å². The molecule has 2 rings (SSSR count). The van der Waals surface area contributed by atoms with Crippen molar-refractivity contribution in [3.8, 4) is 5.88 Å². The number of halogens is 5. The molecule has 10 heteroatoms. The second-order valence-electron chi connectivity index (χ2n) is 4.99. The van der Waals surface area contributed by atoms with Crippen molar-refractivity contribution in [1.82, 2.24) is 15.3 Å². The summed E-state index contributed by atoms with van der Waals surface area (Å²) < 4.78 is 68.4. The Bertz CT molecular complexity index is 765. The molecule has 5 nitrogen and oxygen atoms in total. The van der Waals surface area contributed by atoms with Crippen molar-refractivity contribution in [1.29, 1.82) is 0 Å². The molecule has 2 aromatic rings. The number of nitrogens with zero attached hydrogens (tertiary/aromatic N) is 2. The van der Waals surface area contributed by atoms with Crippen molar-refractivity contribution in [3.05, 3.63) is 53.2 Å². The summed E-state index contributed by atoms with van der Waals surface area (Å²) in [5, 5.41) is 2.31. The molecule has 0 aliphatic carbocycles. The van der Waals surface area contributed by atoms with Crippen LogP contribution in [0.5, 0.6) is 5.88 Å². The van der Waals surface area contributed by atoms with Gasteiger partial charge in [-0.05, 0) is 17.7 Å². The van der Waals surface area contributed by atoms with Gasteiger partial charge in [-0.25, -0.2) is 18.2 Å². The normalized spacial score (nSPS) is 11.5. The van der Waals surface area contributed by atoms with Gasteiger partial charge in [-0.3, -0.25) is 9.78 Å². The van der Waals surface area contributed by atoms with Crippen LogP contribution in [0, 0.1) is 5.82 Å². The highest BCUT2D eigenvalue weighted by molar-refractivity contribution is 5.93. The first-order chi connectivity index (χ1) is 11.7. The van der Waals surface area contributed by atoms with Crippen LogP contribution in [-0.4, -0.2) is 22.5 Å². The summed E-state index contributed by atoms with van der Waals surface area (Å²) in [7, 11) is 0. The van der Waals surface area contributed by atoms with E-state index in [1.807, 2.05) is 0 Å². The summed E-state index contributed by atoms with van der Waals surface area (Å²) in [5.41, 5.74) is -0.518. The summed E-state index contributed by atoms with van der Waals surface area (Å²) in [6.07, 6.45) is 3.19. The van der Waals surface area contributed by atoms with E-state index in [4.69, 9.17) is 0 Å². The fourth-order valence-electron chi connectivity index (χ4n) is 1.99. The number of aromatic nitrogens is 2. The first-order valence-electron chi connectivity index (χ1n) is 6.88. The molecular weight excluding hydrogens is 349 g/mol. The Morgan fingerprint density at radius 1 is 1.36 bits per heavy atom. The van der Waals surface area contributed by atoms with Crippen LogP contribution in [0.25, 0.3) is 0 Å². The first-order valence-corrected chi connectivity index (χ1v) is 6.88. The molecule has 0 radical (unpaired) electrons. The fourth-order valence-corrected chi connectivity index (χ4v) is 1.99. The van der Waals surface area contributed by atoms with Crippen molar-refractivity contribution in [3.63, 3.8) is 0 Å². The molecule has 0 saturated carbocycles. The zero-order valence-corrected chi connectivity index (χ0v) is 12.8. The molecule has 0 bridgehead atoms. The average molecular weight is 361 g/mol. The smallest absolute Gasteiger partial charge is 0.388 e. The van der Waals surface area contributed by atoms with Gasteiger partial charge in [0.05, 0.1) is 5.56 Å². The maximum atomic E-state index is 13.5. The predicted octanol–water partition coefficient (Wildman–Crippen LogP) is 3.26. The first kappa shape index (κ1) is 18.6. The van der Waals surface area contributed by atoms with Gasteiger partial charge in [0.1, 0.15) is 0 Å². The Morgan fingerprint density at radius 3 is 2.68 bits per heavy atom. The van der Waals surface area contributed by atoms with Gasteiger partial charge >= 0.3 is 6.61 Å². The molecule has 0 aliphatic rings. The van der Waals surface area contributed by atoms with Crippen LogP contribution in [-0.2, 0) is 12.5 Å². The number of rotatable bonds is 6. The largest absolute Gasteiger partial charge is 0.414 e. The van der Waals surface area contributed by atoms with Gasteiger partial charge in [-0.1, -0.05) is 0 Å². The topological polar surface area (TPSA) is 64.1 Å². The monoisotopic (exact) mass is 361 g/mol. The van der Waals surface area contributed by atoms with Crippen LogP contribution >= 0.6 is 0 Å². The SMILES string of the molecule is CC(F)(F)c1ccncc1CNC(=O)c1cnc(OC(F)F)c(F)c1. The zero-order valence-electron chi connectivity index (χ0n) is 12.8. The Morgan fingerprint density at radius 2 is 2.08 bits per heavy atom. The maximum Gasteiger partial charge on any atom is 0.388 e. The quantitative estimate of drug-likeness (QED) is 0.803. The van der Waals surface area contributed by atoms with E-state index >= 15 is 0 Å². The Labute approximate surface area is 138 Å². The maximum absolute atomic E-state index is 13.5. The number of hydrogen-bond acceptors (Lipinski definition) is 4. The molecule has 0 fully saturated rings. The number of alkyl halides is 4. The molecule has 0 aromatic carbocycles. The van der Waals surface area contributed by atoms with Gasteiger partial charge < -0.3 is 10.1 Å². The van der Waals surface area contributed by atoms with Crippen LogP contribution in [0.1, 0.15) is 28.4 Å². The molecule has 25 heavy (non-hydrogen) atoms. The summed E-state index contributed by atoms with van der Waals surface area (Å²) in [6, 6.07) is 1.78. The van der Waals surface area contributed by atoms with Crippen LogP contribution in [0.15, 0.2) is 30.7 Å². The predicted molar refractivity (Wildman–Crippen MR) is 75.8 cm³/mol. The lowest BCUT2D eigenvalue weighted by atomic mass is 10.1. The van der Waals surface area contributed by atoms with E-state index in [0.717, 1.165) is 12.3 Å². The summed E-state index contributed by atoms with van der Waals surface area (Å²) >= 11 is 0. The minimum absolute atomic E-state index is 0.0782. The number of nitrogens with one attached hydrogen (secondary N) is 1. The van der Waals surface area contributed by atoms with Crippen LogP contribution < -0.4 is 10.1 Å². The van der Waals surface area contributed by atoms with E-state index in [1.165, 1.54) is 12.4 Å². The van der Waals surface area contributed by atoms with E-state index in [0.29, 0.717) is 13.0 Å².